The average Bonchev–Trinajstić information content (AvgIpc) is 2.35. The molecule has 1 aliphatic heterocycles. The normalized spacial score (nSPS) is 43.8. The van der Waals surface area contributed by atoms with E-state index in [9.17, 15) is 4.79 Å². The second-order valence-corrected chi connectivity index (χ2v) is 8.58. The first-order chi connectivity index (χ1) is 10.0. The van der Waals surface area contributed by atoms with Gasteiger partial charge in [-0.1, -0.05) is 0 Å². The molecular formula is C17H29N2O2+. The van der Waals surface area contributed by atoms with Crippen LogP contribution >= 0.6 is 0 Å². The van der Waals surface area contributed by atoms with Gasteiger partial charge in [0.2, 0.25) is 0 Å². The molecule has 1 heterocycles. The first kappa shape index (κ1) is 14.0. The molecule has 1 N–H and O–H groups in total. The fourth-order valence-corrected chi connectivity index (χ4v) is 5.89. The minimum absolute atomic E-state index is 0.164. The van der Waals surface area contributed by atoms with Gasteiger partial charge in [-0.3, -0.25) is 4.79 Å². The Labute approximate surface area is 127 Å². The predicted octanol–water partition coefficient (Wildman–Crippen LogP) is 1.55. The Kier molecular flexibility index (Phi) is 3.30. The zero-order valence-electron chi connectivity index (χ0n) is 13.3. The van der Waals surface area contributed by atoms with Crippen molar-refractivity contribution >= 4 is 5.91 Å². The van der Waals surface area contributed by atoms with Gasteiger partial charge in [-0.2, -0.15) is 0 Å². The molecule has 5 fully saturated rings. The smallest absolute Gasteiger partial charge is 0.275 e. The van der Waals surface area contributed by atoms with Crippen molar-refractivity contribution in [3.05, 3.63) is 0 Å². The third-order valence-corrected chi connectivity index (χ3v) is 6.52. The van der Waals surface area contributed by atoms with Crippen LogP contribution in [-0.2, 0) is 9.53 Å². The van der Waals surface area contributed by atoms with Gasteiger partial charge in [0, 0.05) is 5.54 Å². The van der Waals surface area contributed by atoms with Crippen molar-refractivity contribution in [2.75, 3.05) is 39.9 Å². The summed E-state index contributed by atoms with van der Waals surface area (Å²) in [7, 11) is 2.20. The lowest BCUT2D eigenvalue weighted by Gasteiger charge is -2.57. The molecule has 0 aromatic carbocycles. The molecule has 0 aromatic heterocycles. The van der Waals surface area contributed by atoms with E-state index >= 15 is 0 Å². The quantitative estimate of drug-likeness (QED) is 0.802. The Morgan fingerprint density at radius 2 is 1.62 bits per heavy atom. The van der Waals surface area contributed by atoms with E-state index in [0.717, 1.165) is 48.5 Å². The molecule has 1 amide bonds. The molecule has 5 rings (SSSR count). The lowest BCUT2D eigenvalue weighted by atomic mass is 9.53. The van der Waals surface area contributed by atoms with Gasteiger partial charge in [0.05, 0.1) is 20.3 Å². The van der Waals surface area contributed by atoms with Crippen LogP contribution in [0.2, 0.25) is 0 Å². The number of likely N-dealkylation sites (N-methyl/N-ethyl adjacent to an activating group) is 1. The standard InChI is InChI=1S/C17H28N2O2/c1-19(2-4-21-5-3-19)12-16(20)18-17-9-13-6-14(10-17)8-15(7-13)11-17/h13-15H,2-12H2,1H3/p+1. The summed E-state index contributed by atoms with van der Waals surface area (Å²) in [6.45, 7) is 4.15. The first-order valence-corrected chi connectivity index (χ1v) is 8.77. The molecule has 0 aromatic rings. The molecule has 21 heavy (non-hydrogen) atoms. The number of quaternary nitrogens is 1. The number of nitrogens with zero attached hydrogens (tertiary/aromatic N) is 1. The number of hydrogen-bond acceptors (Lipinski definition) is 2. The lowest BCUT2D eigenvalue weighted by Crippen LogP contribution is -2.63. The van der Waals surface area contributed by atoms with Crippen LogP contribution in [0.3, 0.4) is 0 Å². The van der Waals surface area contributed by atoms with E-state index in [1.165, 1.54) is 38.5 Å². The highest BCUT2D eigenvalue weighted by molar-refractivity contribution is 5.78. The van der Waals surface area contributed by atoms with Gasteiger partial charge in [-0.15, -0.1) is 0 Å². The average molecular weight is 293 g/mol. The van der Waals surface area contributed by atoms with Crippen LogP contribution in [0.1, 0.15) is 38.5 Å². The second kappa shape index (κ2) is 4.95. The van der Waals surface area contributed by atoms with Gasteiger partial charge in [0.25, 0.3) is 5.91 Å². The van der Waals surface area contributed by atoms with Crippen molar-refractivity contribution in [3.63, 3.8) is 0 Å². The van der Waals surface area contributed by atoms with Gasteiger partial charge in [-0.05, 0) is 56.3 Å². The van der Waals surface area contributed by atoms with Crippen molar-refractivity contribution in [1.82, 2.24) is 5.32 Å². The molecular weight excluding hydrogens is 264 g/mol. The van der Waals surface area contributed by atoms with Gasteiger partial charge in [0.1, 0.15) is 13.1 Å². The summed E-state index contributed by atoms with van der Waals surface area (Å²) in [5.74, 6) is 2.96. The van der Waals surface area contributed by atoms with Crippen LogP contribution in [0.5, 0.6) is 0 Å². The molecule has 0 atom stereocenters. The summed E-state index contributed by atoms with van der Waals surface area (Å²) in [6, 6.07) is 0. The monoisotopic (exact) mass is 293 g/mol. The zero-order chi connectivity index (χ0) is 14.5. The van der Waals surface area contributed by atoms with E-state index in [2.05, 4.69) is 12.4 Å². The number of carbonyl (C=O) groups excluding carboxylic acids is 1. The van der Waals surface area contributed by atoms with Gasteiger partial charge in [-0.25, -0.2) is 0 Å². The summed E-state index contributed by atoms with van der Waals surface area (Å²) in [4.78, 5) is 12.6. The Hall–Kier alpha value is -0.610. The SMILES string of the molecule is C[N+]1(CC(=O)NC23CC4CC(CC(C4)C2)C3)CCOCC1. The minimum atomic E-state index is 0.164. The van der Waals surface area contributed by atoms with Crippen LogP contribution < -0.4 is 5.32 Å². The Bertz CT molecular complexity index is 393. The molecule has 4 nitrogen and oxygen atoms in total. The van der Waals surface area contributed by atoms with E-state index in [1.54, 1.807) is 0 Å². The van der Waals surface area contributed by atoms with Crippen molar-refractivity contribution < 1.29 is 14.0 Å². The lowest BCUT2D eigenvalue weighted by molar-refractivity contribution is -0.909. The van der Waals surface area contributed by atoms with E-state index in [-0.39, 0.29) is 11.4 Å². The summed E-state index contributed by atoms with van der Waals surface area (Å²) in [5, 5.41) is 3.50. The molecule has 4 heteroatoms. The second-order valence-electron chi connectivity index (χ2n) is 8.58. The molecule has 5 aliphatic rings. The van der Waals surface area contributed by atoms with E-state index in [1.807, 2.05) is 0 Å². The van der Waals surface area contributed by atoms with E-state index in [4.69, 9.17) is 4.74 Å². The van der Waals surface area contributed by atoms with E-state index in [0.29, 0.717) is 6.54 Å². The first-order valence-electron chi connectivity index (χ1n) is 8.77. The molecule has 0 radical (unpaired) electrons. The molecule has 4 aliphatic carbocycles. The largest absolute Gasteiger partial charge is 0.370 e. The van der Waals surface area contributed by atoms with Crippen LogP contribution in [0.4, 0.5) is 0 Å². The van der Waals surface area contributed by atoms with E-state index < -0.39 is 0 Å². The fourth-order valence-electron chi connectivity index (χ4n) is 5.89. The summed E-state index contributed by atoms with van der Waals surface area (Å²) < 4.78 is 6.28. The van der Waals surface area contributed by atoms with Crippen molar-refractivity contribution in [1.29, 1.82) is 0 Å². The predicted molar refractivity (Wildman–Crippen MR) is 80.7 cm³/mol. The fraction of sp³-hybridized carbons (Fsp3) is 0.941. The number of amides is 1. The topological polar surface area (TPSA) is 38.3 Å². The Balaban J connectivity index is 1.40. The maximum Gasteiger partial charge on any atom is 0.275 e. The highest BCUT2D eigenvalue weighted by Gasteiger charge is 2.51. The highest BCUT2D eigenvalue weighted by atomic mass is 16.5. The van der Waals surface area contributed by atoms with Crippen LogP contribution in [0.25, 0.3) is 0 Å². The van der Waals surface area contributed by atoms with Crippen molar-refractivity contribution in [3.8, 4) is 0 Å². The molecule has 0 spiro atoms. The Morgan fingerprint density at radius 3 is 2.14 bits per heavy atom. The number of hydrogen-bond donors (Lipinski definition) is 1. The van der Waals surface area contributed by atoms with Gasteiger partial charge < -0.3 is 14.5 Å². The summed E-state index contributed by atoms with van der Waals surface area (Å²) in [6.07, 6.45) is 8.04. The minimum Gasteiger partial charge on any atom is -0.370 e. The van der Waals surface area contributed by atoms with Crippen LogP contribution in [0.15, 0.2) is 0 Å². The van der Waals surface area contributed by atoms with Gasteiger partial charge in [0.15, 0.2) is 6.54 Å². The summed E-state index contributed by atoms with van der Waals surface area (Å²) in [5.41, 5.74) is 0.164. The molecule has 0 unspecified atom stereocenters. The number of morpholine rings is 1. The molecule has 118 valence electrons. The molecule has 4 bridgehead atoms. The third kappa shape index (κ3) is 2.72. The maximum atomic E-state index is 12.6. The van der Waals surface area contributed by atoms with Gasteiger partial charge >= 0.3 is 0 Å². The number of ether oxygens (including phenoxy) is 1. The molecule has 1 saturated heterocycles. The van der Waals surface area contributed by atoms with Crippen LogP contribution in [-0.4, -0.2) is 55.8 Å². The Morgan fingerprint density at radius 1 is 1.10 bits per heavy atom. The third-order valence-electron chi connectivity index (χ3n) is 6.52. The molecule has 4 saturated carbocycles. The number of rotatable bonds is 3. The number of carbonyl (C=O) groups is 1. The zero-order valence-corrected chi connectivity index (χ0v) is 13.3. The summed E-state index contributed by atoms with van der Waals surface area (Å²) >= 11 is 0. The van der Waals surface area contributed by atoms with Crippen LogP contribution in [0, 0.1) is 17.8 Å². The number of nitrogens with one attached hydrogen (secondary N) is 1. The maximum absolute atomic E-state index is 12.6. The van der Waals surface area contributed by atoms with Crippen molar-refractivity contribution in [2.24, 2.45) is 17.8 Å². The highest BCUT2D eigenvalue weighted by Crippen LogP contribution is 2.55. The van der Waals surface area contributed by atoms with Crippen molar-refractivity contribution in [2.45, 2.75) is 44.1 Å².